The molecule has 1 heterocycles. The Morgan fingerprint density at radius 2 is 1.67 bits per heavy atom. The van der Waals surface area contributed by atoms with Crippen molar-refractivity contribution in [2.75, 3.05) is 18.0 Å². The molecule has 0 amide bonds. The molecule has 116 valence electrons. The topological polar surface area (TPSA) is 15.3 Å². The lowest BCUT2D eigenvalue weighted by Crippen LogP contribution is -2.33. The van der Waals surface area contributed by atoms with Crippen molar-refractivity contribution in [3.8, 4) is 0 Å². The number of hydrogen-bond acceptors (Lipinski definition) is 2. The maximum atomic E-state index is 3.80. The Morgan fingerprint density at radius 3 is 2.43 bits per heavy atom. The average Bonchev–Trinajstić information content (AvgIpc) is 2.97. The van der Waals surface area contributed by atoms with Gasteiger partial charge in [-0.1, -0.05) is 38.3 Å². The number of hydrogen-bond donors (Lipinski definition) is 1. The number of anilines is 1. The molecule has 2 fully saturated rings. The summed E-state index contributed by atoms with van der Waals surface area (Å²) in [6.07, 6.45) is 9.69. The smallest absolute Gasteiger partial charge is 0.0366 e. The lowest BCUT2D eigenvalue weighted by atomic mass is 9.97. The van der Waals surface area contributed by atoms with Gasteiger partial charge >= 0.3 is 0 Å². The van der Waals surface area contributed by atoms with Gasteiger partial charge < -0.3 is 10.2 Å². The molecule has 1 N–H and O–H groups in total. The largest absolute Gasteiger partial charge is 0.372 e. The van der Waals surface area contributed by atoms with E-state index in [-0.39, 0.29) is 0 Å². The second kappa shape index (κ2) is 7.31. The van der Waals surface area contributed by atoms with Gasteiger partial charge in [-0.05, 0) is 49.3 Å². The van der Waals surface area contributed by atoms with Crippen LogP contribution in [0, 0.1) is 5.92 Å². The lowest BCUT2D eigenvalue weighted by Gasteiger charge is -2.23. The van der Waals surface area contributed by atoms with Crippen molar-refractivity contribution >= 4 is 5.69 Å². The van der Waals surface area contributed by atoms with Crippen molar-refractivity contribution in [1.82, 2.24) is 5.32 Å². The predicted octanol–water partition coefficient (Wildman–Crippen LogP) is 4.35. The van der Waals surface area contributed by atoms with E-state index in [1.807, 2.05) is 0 Å². The van der Waals surface area contributed by atoms with Crippen LogP contribution < -0.4 is 10.2 Å². The fraction of sp³-hybridized carbons (Fsp3) is 0.684. The van der Waals surface area contributed by atoms with Crippen molar-refractivity contribution in [2.24, 2.45) is 5.92 Å². The Labute approximate surface area is 129 Å². The number of nitrogens with zero attached hydrogens (tertiary/aromatic N) is 1. The highest BCUT2D eigenvalue weighted by molar-refractivity contribution is 5.48. The van der Waals surface area contributed by atoms with Crippen LogP contribution in [0.15, 0.2) is 24.3 Å². The van der Waals surface area contributed by atoms with Gasteiger partial charge in [0.25, 0.3) is 0 Å². The van der Waals surface area contributed by atoms with Crippen LogP contribution in [0.1, 0.15) is 57.4 Å². The van der Waals surface area contributed by atoms with E-state index in [4.69, 9.17) is 0 Å². The second-order valence-electron chi connectivity index (χ2n) is 6.96. The number of benzene rings is 1. The van der Waals surface area contributed by atoms with Crippen molar-refractivity contribution < 1.29 is 0 Å². The number of rotatable bonds is 4. The summed E-state index contributed by atoms with van der Waals surface area (Å²) in [4.78, 5) is 2.50. The van der Waals surface area contributed by atoms with Gasteiger partial charge in [-0.15, -0.1) is 0 Å². The molecule has 2 atom stereocenters. The zero-order valence-electron chi connectivity index (χ0n) is 13.5. The molecule has 1 aliphatic carbocycles. The molecule has 1 saturated heterocycles. The van der Waals surface area contributed by atoms with Crippen LogP contribution in [0.4, 0.5) is 5.69 Å². The molecule has 2 unspecified atom stereocenters. The van der Waals surface area contributed by atoms with E-state index < -0.39 is 0 Å². The summed E-state index contributed by atoms with van der Waals surface area (Å²) < 4.78 is 0. The summed E-state index contributed by atoms with van der Waals surface area (Å²) in [5.41, 5.74) is 2.83. The van der Waals surface area contributed by atoms with Crippen LogP contribution in [0.25, 0.3) is 0 Å². The van der Waals surface area contributed by atoms with Crippen LogP contribution in [0.5, 0.6) is 0 Å². The Morgan fingerprint density at radius 1 is 0.952 bits per heavy atom. The third-order valence-corrected chi connectivity index (χ3v) is 5.34. The fourth-order valence-corrected chi connectivity index (χ4v) is 3.85. The monoisotopic (exact) mass is 286 g/mol. The summed E-state index contributed by atoms with van der Waals surface area (Å²) in [5, 5.41) is 3.80. The zero-order valence-corrected chi connectivity index (χ0v) is 13.5. The van der Waals surface area contributed by atoms with Gasteiger partial charge in [0, 0.05) is 31.4 Å². The summed E-state index contributed by atoms with van der Waals surface area (Å²) in [6.45, 7) is 5.91. The SMILES string of the molecule is CC1CCCCCC1NCc1ccc(N2CCCC2)cc1. The molecule has 1 aromatic carbocycles. The molecule has 2 aliphatic rings. The molecule has 0 radical (unpaired) electrons. The average molecular weight is 286 g/mol. The van der Waals surface area contributed by atoms with E-state index in [0.29, 0.717) is 6.04 Å². The molecule has 0 bridgehead atoms. The van der Waals surface area contributed by atoms with Crippen molar-refractivity contribution in [3.05, 3.63) is 29.8 Å². The molecule has 1 saturated carbocycles. The normalized spacial score (nSPS) is 26.8. The van der Waals surface area contributed by atoms with Crippen LogP contribution in [0.2, 0.25) is 0 Å². The summed E-state index contributed by atoms with van der Waals surface area (Å²) in [5.74, 6) is 0.830. The quantitative estimate of drug-likeness (QED) is 0.828. The number of nitrogens with one attached hydrogen (secondary N) is 1. The standard InChI is InChI=1S/C19H30N2/c1-16-7-3-2-4-8-19(16)20-15-17-9-11-18(12-10-17)21-13-5-6-14-21/h9-12,16,19-20H,2-8,13-15H2,1H3. The highest BCUT2D eigenvalue weighted by Gasteiger charge is 2.19. The Kier molecular flexibility index (Phi) is 5.18. The second-order valence-corrected chi connectivity index (χ2v) is 6.96. The zero-order chi connectivity index (χ0) is 14.5. The van der Waals surface area contributed by atoms with Crippen LogP contribution in [-0.2, 0) is 6.54 Å². The van der Waals surface area contributed by atoms with E-state index in [9.17, 15) is 0 Å². The molecule has 2 heteroatoms. The van der Waals surface area contributed by atoms with Gasteiger partial charge in [-0.25, -0.2) is 0 Å². The molecule has 0 spiro atoms. The van der Waals surface area contributed by atoms with Crippen molar-refractivity contribution in [1.29, 1.82) is 0 Å². The van der Waals surface area contributed by atoms with E-state index >= 15 is 0 Å². The minimum atomic E-state index is 0.714. The molecular formula is C19H30N2. The molecule has 1 aliphatic heterocycles. The van der Waals surface area contributed by atoms with Gasteiger partial charge in [0.2, 0.25) is 0 Å². The molecule has 2 nitrogen and oxygen atoms in total. The molecule has 3 rings (SSSR count). The highest BCUT2D eigenvalue weighted by atomic mass is 15.1. The van der Waals surface area contributed by atoms with Gasteiger partial charge in [-0.2, -0.15) is 0 Å². The Bertz CT molecular complexity index is 420. The van der Waals surface area contributed by atoms with Gasteiger partial charge in [0.05, 0.1) is 0 Å². The van der Waals surface area contributed by atoms with E-state index in [1.54, 1.807) is 0 Å². The molecule has 1 aromatic rings. The fourth-order valence-electron chi connectivity index (χ4n) is 3.85. The first-order chi connectivity index (χ1) is 10.3. The van der Waals surface area contributed by atoms with E-state index in [2.05, 4.69) is 41.4 Å². The maximum Gasteiger partial charge on any atom is 0.0366 e. The molecule has 21 heavy (non-hydrogen) atoms. The first-order valence-corrected chi connectivity index (χ1v) is 8.90. The lowest BCUT2D eigenvalue weighted by molar-refractivity contribution is 0.356. The maximum absolute atomic E-state index is 3.80. The minimum absolute atomic E-state index is 0.714. The van der Waals surface area contributed by atoms with Gasteiger partial charge in [0.15, 0.2) is 0 Å². The van der Waals surface area contributed by atoms with Crippen LogP contribution in [0.3, 0.4) is 0 Å². The van der Waals surface area contributed by atoms with Crippen molar-refractivity contribution in [2.45, 2.75) is 64.5 Å². The van der Waals surface area contributed by atoms with Gasteiger partial charge in [0.1, 0.15) is 0 Å². The molecular weight excluding hydrogens is 256 g/mol. The summed E-state index contributed by atoms with van der Waals surface area (Å²) in [6, 6.07) is 9.94. The molecule has 0 aromatic heterocycles. The highest BCUT2D eigenvalue weighted by Crippen LogP contribution is 2.24. The van der Waals surface area contributed by atoms with Crippen LogP contribution in [-0.4, -0.2) is 19.1 Å². The predicted molar refractivity (Wildman–Crippen MR) is 90.8 cm³/mol. The minimum Gasteiger partial charge on any atom is -0.372 e. The Balaban J connectivity index is 1.52. The van der Waals surface area contributed by atoms with Crippen molar-refractivity contribution in [3.63, 3.8) is 0 Å². The van der Waals surface area contributed by atoms with E-state index in [1.165, 1.54) is 69.3 Å². The third kappa shape index (κ3) is 4.00. The van der Waals surface area contributed by atoms with Gasteiger partial charge in [-0.3, -0.25) is 0 Å². The summed E-state index contributed by atoms with van der Waals surface area (Å²) in [7, 11) is 0. The Hall–Kier alpha value is -1.02. The first-order valence-electron chi connectivity index (χ1n) is 8.90. The first kappa shape index (κ1) is 14.9. The van der Waals surface area contributed by atoms with E-state index in [0.717, 1.165) is 12.5 Å². The third-order valence-electron chi connectivity index (χ3n) is 5.34. The summed E-state index contributed by atoms with van der Waals surface area (Å²) >= 11 is 0. The van der Waals surface area contributed by atoms with Crippen LogP contribution >= 0.6 is 0 Å².